The van der Waals surface area contributed by atoms with Crippen molar-refractivity contribution in [1.29, 1.82) is 0 Å². The van der Waals surface area contributed by atoms with Crippen LogP contribution in [-0.2, 0) is 11.2 Å². The zero-order valence-electron chi connectivity index (χ0n) is 13.8. The molecule has 1 unspecified atom stereocenters. The molecule has 1 aliphatic heterocycles. The number of imide groups is 1. The second kappa shape index (κ2) is 7.18. The standard InChI is InChI=1S/C19H16N2O5/c1-2-17-16(12-13-6-4-3-5-7-13)20(19(23)26-17)18(22)14-8-10-15(11-9-14)21(24)25/h2-11,16-17H,1,12H2/t16-,17?/m0/s1. The SMILES string of the molecule is C=CC1OC(=O)N(C(=O)c2ccc([N+](=O)[O-])cc2)[C@H]1Cc1ccccc1. The molecule has 7 heteroatoms. The van der Waals surface area contributed by atoms with Gasteiger partial charge in [-0.05, 0) is 30.2 Å². The lowest BCUT2D eigenvalue weighted by Gasteiger charge is -2.22. The van der Waals surface area contributed by atoms with E-state index in [1.807, 2.05) is 30.3 Å². The van der Waals surface area contributed by atoms with E-state index in [0.29, 0.717) is 6.42 Å². The zero-order valence-corrected chi connectivity index (χ0v) is 13.8. The van der Waals surface area contributed by atoms with Crippen molar-refractivity contribution in [2.75, 3.05) is 0 Å². The first-order valence-corrected chi connectivity index (χ1v) is 7.96. The maximum atomic E-state index is 12.8. The summed E-state index contributed by atoms with van der Waals surface area (Å²) in [4.78, 5) is 36.3. The number of ether oxygens (including phenoxy) is 1. The van der Waals surface area contributed by atoms with Gasteiger partial charge in [0.15, 0.2) is 0 Å². The second-order valence-corrected chi connectivity index (χ2v) is 5.82. The molecule has 0 aliphatic carbocycles. The number of nitro groups is 1. The fraction of sp³-hybridized carbons (Fsp3) is 0.158. The third-order valence-electron chi connectivity index (χ3n) is 4.21. The maximum absolute atomic E-state index is 12.8. The van der Waals surface area contributed by atoms with Crippen molar-refractivity contribution in [2.45, 2.75) is 18.6 Å². The normalized spacial score (nSPS) is 19.1. The average Bonchev–Trinajstić information content (AvgIpc) is 2.97. The van der Waals surface area contributed by atoms with E-state index in [4.69, 9.17) is 4.74 Å². The summed E-state index contributed by atoms with van der Waals surface area (Å²) in [5.74, 6) is -0.560. The molecular formula is C19H16N2O5. The van der Waals surface area contributed by atoms with Crippen LogP contribution in [0.25, 0.3) is 0 Å². The van der Waals surface area contributed by atoms with Crippen LogP contribution in [0.15, 0.2) is 67.3 Å². The van der Waals surface area contributed by atoms with Crippen LogP contribution in [0.3, 0.4) is 0 Å². The van der Waals surface area contributed by atoms with Crippen LogP contribution in [0.2, 0.25) is 0 Å². The maximum Gasteiger partial charge on any atom is 0.417 e. The highest BCUT2D eigenvalue weighted by Crippen LogP contribution is 2.26. The molecule has 0 saturated carbocycles. The van der Waals surface area contributed by atoms with Crippen LogP contribution < -0.4 is 0 Å². The highest BCUT2D eigenvalue weighted by Gasteiger charge is 2.44. The molecule has 7 nitrogen and oxygen atoms in total. The summed E-state index contributed by atoms with van der Waals surface area (Å²) in [6.07, 6.45) is 0.542. The molecule has 2 atom stereocenters. The molecule has 1 heterocycles. The van der Waals surface area contributed by atoms with E-state index in [0.717, 1.165) is 10.5 Å². The molecular weight excluding hydrogens is 336 g/mol. The van der Waals surface area contributed by atoms with Gasteiger partial charge in [-0.25, -0.2) is 9.69 Å². The third-order valence-corrected chi connectivity index (χ3v) is 4.21. The number of nitro benzene ring substituents is 1. The molecule has 1 aliphatic rings. The van der Waals surface area contributed by atoms with E-state index in [2.05, 4.69) is 6.58 Å². The zero-order chi connectivity index (χ0) is 18.7. The summed E-state index contributed by atoms with van der Waals surface area (Å²) in [6, 6.07) is 14.0. The Morgan fingerprint density at radius 3 is 2.42 bits per heavy atom. The van der Waals surface area contributed by atoms with Gasteiger partial charge in [0.1, 0.15) is 6.10 Å². The number of carbonyl (C=O) groups excluding carboxylic acids is 2. The van der Waals surface area contributed by atoms with Gasteiger partial charge >= 0.3 is 6.09 Å². The van der Waals surface area contributed by atoms with Gasteiger partial charge in [-0.1, -0.05) is 36.9 Å². The van der Waals surface area contributed by atoms with E-state index in [1.54, 1.807) is 0 Å². The van der Waals surface area contributed by atoms with Crippen molar-refractivity contribution >= 4 is 17.7 Å². The largest absolute Gasteiger partial charge is 0.439 e. The molecule has 1 fully saturated rings. The molecule has 132 valence electrons. The van der Waals surface area contributed by atoms with Crippen LogP contribution >= 0.6 is 0 Å². The fourth-order valence-electron chi connectivity index (χ4n) is 2.90. The van der Waals surface area contributed by atoms with E-state index >= 15 is 0 Å². The third kappa shape index (κ3) is 3.32. The van der Waals surface area contributed by atoms with E-state index in [1.165, 1.54) is 30.3 Å². The minimum Gasteiger partial charge on any atom is -0.439 e. The summed E-state index contributed by atoms with van der Waals surface area (Å²) in [5, 5.41) is 10.8. The average molecular weight is 352 g/mol. The minimum absolute atomic E-state index is 0.129. The monoisotopic (exact) mass is 352 g/mol. The van der Waals surface area contributed by atoms with Crippen molar-refractivity contribution < 1.29 is 19.2 Å². The van der Waals surface area contributed by atoms with E-state index in [9.17, 15) is 19.7 Å². The Balaban J connectivity index is 1.89. The molecule has 0 radical (unpaired) electrons. The fourth-order valence-corrected chi connectivity index (χ4v) is 2.90. The summed E-state index contributed by atoms with van der Waals surface area (Å²) in [6.45, 7) is 3.68. The van der Waals surface area contributed by atoms with Crippen molar-refractivity contribution in [2.24, 2.45) is 0 Å². The lowest BCUT2D eigenvalue weighted by molar-refractivity contribution is -0.384. The molecule has 0 bridgehead atoms. The molecule has 0 N–H and O–H groups in total. The molecule has 2 aromatic rings. The number of rotatable bonds is 5. The van der Waals surface area contributed by atoms with Gasteiger partial charge in [0.2, 0.25) is 0 Å². The van der Waals surface area contributed by atoms with Crippen LogP contribution in [0.5, 0.6) is 0 Å². The lowest BCUT2D eigenvalue weighted by Crippen LogP contribution is -2.42. The van der Waals surface area contributed by atoms with Gasteiger partial charge in [-0.3, -0.25) is 14.9 Å². The van der Waals surface area contributed by atoms with Gasteiger partial charge < -0.3 is 4.74 Å². The number of hydrogen-bond acceptors (Lipinski definition) is 5. The van der Waals surface area contributed by atoms with Crippen molar-refractivity contribution in [3.05, 3.63) is 88.5 Å². The van der Waals surface area contributed by atoms with Gasteiger partial charge in [0.25, 0.3) is 11.6 Å². The quantitative estimate of drug-likeness (QED) is 0.468. The van der Waals surface area contributed by atoms with E-state index in [-0.39, 0.29) is 11.3 Å². The summed E-state index contributed by atoms with van der Waals surface area (Å²) >= 11 is 0. The second-order valence-electron chi connectivity index (χ2n) is 5.82. The number of carbonyl (C=O) groups is 2. The first-order chi connectivity index (χ1) is 12.5. The van der Waals surface area contributed by atoms with Crippen LogP contribution in [0.4, 0.5) is 10.5 Å². The number of nitrogens with zero attached hydrogens (tertiary/aromatic N) is 2. The molecule has 3 rings (SSSR count). The smallest absolute Gasteiger partial charge is 0.417 e. The Labute approximate surface area is 149 Å². The Kier molecular flexibility index (Phi) is 4.79. The van der Waals surface area contributed by atoms with Gasteiger partial charge in [-0.2, -0.15) is 0 Å². The first kappa shape index (κ1) is 17.3. The summed E-state index contributed by atoms with van der Waals surface area (Å²) < 4.78 is 5.25. The van der Waals surface area contributed by atoms with Crippen molar-refractivity contribution in [3.63, 3.8) is 0 Å². The highest BCUT2D eigenvalue weighted by atomic mass is 16.6. The van der Waals surface area contributed by atoms with Crippen molar-refractivity contribution in [3.8, 4) is 0 Å². The lowest BCUT2D eigenvalue weighted by atomic mass is 10.00. The number of hydrogen-bond donors (Lipinski definition) is 0. The predicted molar refractivity (Wildman–Crippen MR) is 93.7 cm³/mol. The molecule has 2 amide bonds. The first-order valence-electron chi connectivity index (χ1n) is 7.96. The Bertz CT molecular complexity index is 848. The Morgan fingerprint density at radius 2 is 1.85 bits per heavy atom. The van der Waals surface area contributed by atoms with Crippen LogP contribution in [-0.4, -0.2) is 34.0 Å². The van der Waals surface area contributed by atoms with Gasteiger partial charge in [0.05, 0.1) is 11.0 Å². The summed E-state index contributed by atoms with van der Waals surface area (Å²) in [5.41, 5.74) is 0.995. The summed E-state index contributed by atoms with van der Waals surface area (Å²) in [7, 11) is 0. The molecule has 1 saturated heterocycles. The van der Waals surface area contributed by atoms with Crippen LogP contribution in [0, 0.1) is 10.1 Å². The highest BCUT2D eigenvalue weighted by molar-refractivity contribution is 6.04. The number of cyclic esters (lactones) is 1. The van der Waals surface area contributed by atoms with Crippen LogP contribution in [0.1, 0.15) is 15.9 Å². The van der Waals surface area contributed by atoms with Gasteiger partial charge in [0, 0.05) is 17.7 Å². The minimum atomic E-state index is -0.751. The Hall–Kier alpha value is -3.48. The Morgan fingerprint density at radius 1 is 1.19 bits per heavy atom. The molecule has 0 spiro atoms. The molecule has 26 heavy (non-hydrogen) atoms. The predicted octanol–water partition coefficient (Wildman–Crippen LogP) is 3.35. The van der Waals surface area contributed by atoms with Crippen molar-refractivity contribution in [1.82, 2.24) is 4.90 Å². The number of amides is 2. The molecule has 0 aromatic heterocycles. The van der Waals surface area contributed by atoms with Gasteiger partial charge in [-0.15, -0.1) is 0 Å². The topological polar surface area (TPSA) is 89.8 Å². The number of non-ortho nitro benzene ring substituents is 1. The number of benzene rings is 2. The molecule has 2 aromatic carbocycles. The van der Waals surface area contributed by atoms with E-state index < -0.39 is 29.1 Å².